The van der Waals surface area contributed by atoms with E-state index in [1.54, 1.807) is 11.3 Å². The van der Waals surface area contributed by atoms with Gasteiger partial charge in [-0.15, -0.1) is 11.3 Å². The summed E-state index contributed by atoms with van der Waals surface area (Å²) in [6.45, 7) is 5.61. The van der Waals surface area contributed by atoms with Gasteiger partial charge >= 0.3 is 0 Å². The summed E-state index contributed by atoms with van der Waals surface area (Å²) < 4.78 is 12.4. The molecule has 0 radical (unpaired) electrons. The van der Waals surface area contributed by atoms with Gasteiger partial charge in [-0.05, 0) is 53.5 Å². The third-order valence-electron chi connectivity index (χ3n) is 3.58. The summed E-state index contributed by atoms with van der Waals surface area (Å²) in [7, 11) is 0. The second-order valence-corrected chi connectivity index (χ2v) is 7.04. The number of halogens is 1. The van der Waals surface area contributed by atoms with Gasteiger partial charge in [-0.2, -0.15) is 0 Å². The molecule has 1 aromatic heterocycles. The highest BCUT2D eigenvalue weighted by Crippen LogP contribution is 2.33. The fraction of sp³-hybridized carbons (Fsp3) is 0.375. The molecule has 3 nitrogen and oxygen atoms in total. The van der Waals surface area contributed by atoms with Crippen LogP contribution in [0.5, 0.6) is 11.5 Å². The summed E-state index contributed by atoms with van der Waals surface area (Å²) in [6, 6.07) is 8.89. The van der Waals surface area contributed by atoms with E-state index in [0.717, 1.165) is 16.0 Å². The zero-order chi connectivity index (χ0) is 14.8. The largest absolute Gasteiger partial charge is 0.486 e. The summed E-state index contributed by atoms with van der Waals surface area (Å²) in [4.78, 5) is 1.33. The maximum atomic E-state index is 5.65. The molecule has 0 saturated heterocycles. The van der Waals surface area contributed by atoms with Crippen LogP contribution in [-0.2, 0) is 0 Å². The van der Waals surface area contributed by atoms with Crippen molar-refractivity contribution in [3.8, 4) is 11.5 Å². The van der Waals surface area contributed by atoms with Gasteiger partial charge in [0, 0.05) is 26.8 Å². The summed E-state index contributed by atoms with van der Waals surface area (Å²) in [5.41, 5.74) is 1.21. The Balaban J connectivity index is 1.71. The van der Waals surface area contributed by atoms with Crippen LogP contribution >= 0.6 is 27.3 Å². The zero-order valence-electron chi connectivity index (χ0n) is 12.1. The van der Waals surface area contributed by atoms with Gasteiger partial charge in [0.2, 0.25) is 0 Å². The van der Waals surface area contributed by atoms with Crippen molar-refractivity contribution in [2.75, 3.05) is 13.2 Å². The fourth-order valence-corrected chi connectivity index (χ4v) is 3.90. The molecule has 3 rings (SSSR count). The Kier molecular flexibility index (Phi) is 4.52. The van der Waals surface area contributed by atoms with E-state index >= 15 is 0 Å². The molecule has 1 aliphatic heterocycles. The molecule has 0 fully saturated rings. The van der Waals surface area contributed by atoms with Crippen LogP contribution in [0, 0.1) is 0 Å². The number of hydrogen-bond acceptors (Lipinski definition) is 4. The first-order chi connectivity index (χ1) is 10.1. The van der Waals surface area contributed by atoms with Crippen molar-refractivity contribution in [3.63, 3.8) is 0 Å². The van der Waals surface area contributed by atoms with Crippen LogP contribution in [0.4, 0.5) is 0 Å². The van der Waals surface area contributed by atoms with Crippen LogP contribution in [0.25, 0.3) is 0 Å². The molecule has 2 heterocycles. The number of nitrogens with one attached hydrogen (secondary N) is 1. The Morgan fingerprint density at radius 1 is 1.10 bits per heavy atom. The average molecular weight is 368 g/mol. The van der Waals surface area contributed by atoms with Gasteiger partial charge in [0.15, 0.2) is 11.5 Å². The van der Waals surface area contributed by atoms with E-state index in [1.807, 2.05) is 6.07 Å². The van der Waals surface area contributed by atoms with Gasteiger partial charge in [0.25, 0.3) is 0 Å². The summed E-state index contributed by atoms with van der Waals surface area (Å²) in [5, 5.41) is 5.74. The van der Waals surface area contributed by atoms with Gasteiger partial charge < -0.3 is 14.8 Å². The standard InChI is InChI=1S/C16H18BrNO2S/c1-10(18-11(2)16-8-13(17)9-21-16)12-3-4-14-15(7-12)20-6-5-19-14/h3-4,7-11,18H,5-6H2,1-2H3. The van der Waals surface area contributed by atoms with Crippen molar-refractivity contribution in [2.24, 2.45) is 0 Å². The van der Waals surface area contributed by atoms with E-state index in [9.17, 15) is 0 Å². The van der Waals surface area contributed by atoms with Crippen molar-refractivity contribution in [3.05, 3.63) is 44.6 Å². The predicted octanol–water partition coefficient (Wildman–Crippen LogP) is 4.69. The maximum absolute atomic E-state index is 5.65. The molecule has 1 aliphatic rings. The summed E-state index contributed by atoms with van der Waals surface area (Å²) in [5.74, 6) is 1.69. The van der Waals surface area contributed by atoms with E-state index in [4.69, 9.17) is 9.47 Å². The monoisotopic (exact) mass is 367 g/mol. The minimum atomic E-state index is 0.247. The van der Waals surface area contributed by atoms with E-state index in [1.165, 1.54) is 10.4 Å². The van der Waals surface area contributed by atoms with Gasteiger partial charge in [-0.1, -0.05) is 6.07 Å². The first-order valence-corrected chi connectivity index (χ1v) is 8.70. The number of ether oxygens (including phenoxy) is 2. The quantitative estimate of drug-likeness (QED) is 0.849. The highest BCUT2D eigenvalue weighted by molar-refractivity contribution is 9.10. The molecular weight excluding hydrogens is 350 g/mol. The fourth-order valence-electron chi connectivity index (χ4n) is 2.44. The Morgan fingerprint density at radius 3 is 2.57 bits per heavy atom. The minimum Gasteiger partial charge on any atom is -0.486 e. The van der Waals surface area contributed by atoms with Crippen LogP contribution in [0.3, 0.4) is 0 Å². The molecule has 0 spiro atoms. The Morgan fingerprint density at radius 2 is 1.86 bits per heavy atom. The first-order valence-electron chi connectivity index (χ1n) is 7.03. The van der Waals surface area contributed by atoms with E-state index in [0.29, 0.717) is 19.3 Å². The van der Waals surface area contributed by atoms with Crippen LogP contribution < -0.4 is 14.8 Å². The predicted molar refractivity (Wildman–Crippen MR) is 89.4 cm³/mol. The molecule has 1 aromatic carbocycles. The van der Waals surface area contributed by atoms with E-state index < -0.39 is 0 Å². The number of hydrogen-bond donors (Lipinski definition) is 1. The van der Waals surface area contributed by atoms with Gasteiger partial charge in [-0.3, -0.25) is 0 Å². The Labute approximate surface area is 137 Å². The molecule has 21 heavy (non-hydrogen) atoms. The highest BCUT2D eigenvalue weighted by Gasteiger charge is 2.16. The van der Waals surface area contributed by atoms with E-state index in [2.05, 4.69) is 58.7 Å². The second-order valence-electron chi connectivity index (χ2n) is 5.18. The van der Waals surface area contributed by atoms with Gasteiger partial charge in [0.05, 0.1) is 0 Å². The normalized spacial score (nSPS) is 16.5. The van der Waals surface area contributed by atoms with Crippen LogP contribution in [0.1, 0.15) is 36.4 Å². The SMILES string of the molecule is CC(NC(C)c1cc(Br)cs1)c1ccc2c(c1)OCCO2. The van der Waals surface area contributed by atoms with Crippen molar-refractivity contribution < 1.29 is 9.47 Å². The zero-order valence-corrected chi connectivity index (χ0v) is 14.5. The molecular formula is C16H18BrNO2S. The third kappa shape index (κ3) is 3.42. The lowest BCUT2D eigenvalue weighted by molar-refractivity contribution is 0.171. The number of rotatable bonds is 4. The lowest BCUT2D eigenvalue weighted by Gasteiger charge is -2.23. The van der Waals surface area contributed by atoms with E-state index in [-0.39, 0.29) is 6.04 Å². The lowest BCUT2D eigenvalue weighted by Crippen LogP contribution is -2.22. The minimum absolute atomic E-state index is 0.247. The van der Waals surface area contributed by atoms with Crippen LogP contribution in [0.15, 0.2) is 34.1 Å². The van der Waals surface area contributed by atoms with Crippen LogP contribution in [0.2, 0.25) is 0 Å². The molecule has 112 valence electrons. The Bertz CT molecular complexity index is 628. The second kappa shape index (κ2) is 6.38. The van der Waals surface area contributed by atoms with Crippen LogP contribution in [-0.4, -0.2) is 13.2 Å². The van der Waals surface area contributed by atoms with Crippen molar-refractivity contribution in [2.45, 2.75) is 25.9 Å². The first kappa shape index (κ1) is 14.9. The third-order valence-corrected chi connectivity index (χ3v) is 5.46. The topological polar surface area (TPSA) is 30.5 Å². The van der Waals surface area contributed by atoms with Crippen molar-refractivity contribution >= 4 is 27.3 Å². The summed E-state index contributed by atoms with van der Waals surface area (Å²) in [6.07, 6.45) is 0. The van der Waals surface area contributed by atoms with Crippen molar-refractivity contribution in [1.29, 1.82) is 0 Å². The maximum Gasteiger partial charge on any atom is 0.161 e. The molecule has 2 atom stereocenters. The molecule has 0 amide bonds. The lowest BCUT2D eigenvalue weighted by atomic mass is 10.1. The number of fused-ring (bicyclic) bond motifs is 1. The molecule has 2 unspecified atom stereocenters. The number of benzene rings is 1. The Hall–Kier alpha value is -1.04. The summed E-state index contributed by atoms with van der Waals surface area (Å²) >= 11 is 5.27. The molecule has 0 aliphatic carbocycles. The molecule has 2 aromatic rings. The highest BCUT2D eigenvalue weighted by atomic mass is 79.9. The van der Waals surface area contributed by atoms with Gasteiger partial charge in [-0.25, -0.2) is 0 Å². The molecule has 0 saturated carbocycles. The smallest absolute Gasteiger partial charge is 0.161 e. The molecule has 0 bridgehead atoms. The number of thiophene rings is 1. The van der Waals surface area contributed by atoms with Gasteiger partial charge in [0.1, 0.15) is 13.2 Å². The van der Waals surface area contributed by atoms with Crippen molar-refractivity contribution in [1.82, 2.24) is 5.32 Å². The molecule has 1 N–H and O–H groups in total. The average Bonchev–Trinajstić information content (AvgIpc) is 2.93. The molecule has 5 heteroatoms.